The van der Waals surface area contributed by atoms with Crippen LogP contribution in [0.5, 0.6) is 5.75 Å². The van der Waals surface area contributed by atoms with Gasteiger partial charge < -0.3 is 14.8 Å². The highest BCUT2D eigenvalue weighted by Gasteiger charge is 2.30. The zero-order chi connectivity index (χ0) is 21.1. The van der Waals surface area contributed by atoms with Crippen molar-refractivity contribution in [1.82, 2.24) is 10.2 Å². The minimum Gasteiger partial charge on any atom is -0.497 e. The molecular formula is C25H36N2O2Si. The molecule has 1 fully saturated rings. The zero-order valence-electron chi connectivity index (χ0n) is 18.9. The second kappa shape index (κ2) is 9.23. The molecule has 2 aromatic rings. The first kappa shape index (κ1) is 21.6. The summed E-state index contributed by atoms with van der Waals surface area (Å²) < 4.78 is 11.7. The second-order valence-corrected chi connectivity index (χ2v) is 14.7. The molecule has 0 aliphatic carbocycles. The largest absolute Gasteiger partial charge is 0.497 e. The lowest BCUT2D eigenvalue weighted by atomic mass is 9.90. The van der Waals surface area contributed by atoms with Crippen LogP contribution in [0.25, 0.3) is 0 Å². The summed E-state index contributed by atoms with van der Waals surface area (Å²) in [6.45, 7) is 12.4. The molecule has 0 saturated carbocycles. The molecule has 1 N–H and O–H groups in total. The van der Waals surface area contributed by atoms with Gasteiger partial charge in [-0.15, -0.1) is 0 Å². The van der Waals surface area contributed by atoms with Crippen molar-refractivity contribution >= 4 is 13.3 Å². The highest BCUT2D eigenvalue weighted by atomic mass is 28.3. The minimum atomic E-state index is -1.30. The van der Waals surface area contributed by atoms with Crippen LogP contribution in [0.1, 0.15) is 35.3 Å². The monoisotopic (exact) mass is 424 g/mol. The summed E-state index contributed by atoms with van der Waals surface area (Å²) in [4.78, 5) is 2.62. The average molecular weight is 425 g/mol. The van der Waals surface area contributed by atoms with Crippen molar-refractivity contribution in [3.05, 3.63) is 59.2 Å². The lowest BCUT2D eigenvalue weighted by Crippen LogP contribution is -2.45. The van der Waals surface area contributed by atoms with Gasteiger partial charge in [-0.1, -0.05) is 55.2 Å². The summed E-state index contributed by atoms with van der Waals surface area (Å²) in [7, 11) is 0.424. The SMILES string of the molecule is COc1ccc(C(CC2OCCc3cc([Si](C)(C)C)ccc32)N2CCNCC2)cc1. The van der Waals surface area contributed by atoms with Gasteiger partial charge in [-0.25, -0.2) is 0 Å². The van der Waals surface area contributed by atoms with Gasteiger partial charge in [0.15, 0.2) is 0 Å². The van der Waals surface area contributed by atoms with E-state index in [0.29, 0.717) is 6.04 Å². The Kier molecular flexibility index (Phi) is 6.63. The van der Waals surface area contributed by atoms with Gasteiger partial charge in [-0.3, -0.25) is 4.90 Å². The summed E-state index contributed by atoms with van der Waals surface area (Å²) in [5.74, 6) is 0.913. The van der Waals surface area contributed by atoms with Crippen LogP contribution in [0.15, 0.2) is 42.5 Å². The fourth-order valence-electron chi connectivity index (χ4n) is 4.72. The molecule has 1 saturated heterocycles. The van der Waals surface area contributed by atoms with Crippen molar-refractivity contribution in [2.24, 2.45) is 0 Å². The molecule has 2 aromatic carbocycles. The van der Waals surface area contributed by atoms with Crippen LogP contribution in [-0.2, 0) is 11.2 Å². The van der Waals surface area contributed by atoms with E-state index in [-0.39, 0.29) is 6.10 Å². The standard InChI is InChI=1S/C25H36N2O2Si/c1-28-21-7-5-19(6-8-21)24(27-14-12-26-13-15-27)18-25-23-10-9-22(30(2,3)4)17-20(23)11-16-29-25/h5-10,17,24-26H,11-16,18H2,1-4H3. The van der Waals surface area contributed by atoms with Crippen LogP contribution in [0.2, 0.25) is 19.6 Å². The summed E-state index contributed by atoms with van der Waals surface area (Å²) in [5.41, 5.74) is 4.25. The first-order chi connectivity index (χ1) is 14.5. The van der Waals surface area contributed by atoms with E-state index in [0.717, 1.165) is 51.4 Å². The highest BCUT2D eigenvalue weighted by Crippen LogP contribution is 2.37. The van der Waals surface area contributed by atoms with Crippen molar-refractivity contribution < 1.29 is 9.47 Å². The number of hydrogen-bond acceptors (Lipinski definition) is 4. The first-order valence-electron chi connectivity index (χ1n) is 11.3. The van der Waals surface area contributed by atoms with Gasteiger partial charge in [0.1, 0.15) is 5.75 Å². The summed E-state index contributed by atoms with van der Waals surface area (Å²) in [6.07, 6.45) is 2.18. The van der Waals surface area contributed by atoms with Gasteiger partial charge in [0.25, 0.3) is 0 Å². The third-order valence-corrected chi connectivity index (χ3v) is 8.62. The van der Waals surface area contributed by atoms with E-state index in [1.54, 1.807) is 12.3 Å². The predicted octanol–water partition coefficient (Wildman–Crippen LogP) is 3.89. The molecule has 2 unspecified atom stereocenters. The van der Waals surface area contributed by atoms with Crippen LogP contribution in [-0.4, -0.2) is 52.9 Å². The van der Waals surface area contributed by atoms with Crippen molar-refractivity contribution in [3.63, 3.8) is 0 Å². The Bertz CT molecular complexity index is 841. The number of benzene rings is 2. The summed E-state index contributed by atoms with van der Waals surface area (Å²) in [5, 5.41) is 5.04. The van der Waals surface area contributed by atoms with Crippen molar-refractivity contribution in [2.75, 3.05) is 39.9 Å². The molecule has 5 heteroatoms. The smallest absolute Gasteiger partial charge is 0.118 e. The molecule has 4 nitrogen and oxygen atoms in total. The molecule has 162 valence electrons. The fourth-order valence-corrected chi connectivity index (χ4v) is 5.91. The lowest BCUT2D eigenvalue weighted by molar-refractivity contribution is 0.0119. The van der Waals surface area contributed by atoms with Crippen LogP contribution in [0.3, 0.4) is 0 Å². The summed E-state index contributed by atoms with van der Waals surface area (Å²) >= 11 is 0. The molecule has 2 heterocycles. The number of fused-ring (bicyclic) bond motifs is 1. The van der Waals surface area contributed by atoms with Crippen LogP contribution < -0.4 is 15.2 Å². The topological polar surface area (TPSA) is 33.7 Å². The van der Waals surface area contributed by atoms with E-state index < -0.39 is 8.07 Å². The van der Waals surface area contributed by atoms with E-state index in [4.69, 9.17) is 9.47 Å². The Morgan fingerprint density at radius 1 is 1.10 bits per heavy atom. The molecule has 30 heavy (non-hydrogen) atoms. The van der Waals surface area contributed by atoms with Gasteiger partial charge in [0, 0.05) is 32.2 Å². The number of piperazine rings is 1. The van der Waals surface area contributed by atoms with E-state index in [2.05, 4.69) is 72.3 Å². The van der Waals surface area contributed by atoms with Gasteiger partial charge in [-0.2, -0.15) is 0 Å². The molecule has 0 amide bonds. The van der Waals surface area contributed by atoms with E-state index in [1.165, 1.54) is 16.7 Å². The van der Waals surface area contributed by atoms with Crippen LogP contribution >= 0.6 is 0 Å². The third kappa shape index (κ3) is 4.80. The maximum Gasteiger partial charge on any atom is 0.118 e. The molecule has 0 aromatic heterocycles. The molecule has 2 aliphatic rings. The fraction of sp³-hybridized carbons (Fsp3) is 0.520. The number of rotatable bonds is 6. The number of nitrogens with one attached hydrogen (secondary N) is 1. The van der Waals surface area contributed by atoms with Crippen LogP contribution in [0, 0.1) is 0 Å². The number of nitrogens with zero attached hydrogens (tertiary/aromatic N) is 1. The van der Waals surface area contributed by atoms with E-state index in [9.17, 15) is 0 Å². The second-order valence-electron chi connectivity index (χ2n) is 9.58. The minimum absolute atomic E-state index is 0.159. The van der Waals surface area contributed by atoms with E-state index >= 15 is 0 Å². The van der Waals surface area contributed by atoms with Crippen molar-refractivity contribution in [3.8, 4) is 5.75 Å². The zero-order valence-corrected chi connectivity index (χ0v) is 19.9. The van der Waals surface area contributed by atoms with Gasteiger partial charge in [0.2, 0.25) is 0 Å². The first-order valence-corrected chi connectivity index (χ1v) is 14.8. The Morgan fingerprint density at radius 2 is 1.83 bits per heavy atom. The molecule has 0 spiro atoms. The Morgan fingerprint density at radius 3 is 2.50 bits per heavy atom. The molecule has 0 radical (unpaired) electrons. The van der Waals surface area contributed by atoms with Gasteiger partial charge in [0.05, 0.1) is 27.9 Å². The predicted molar refractivity (Wildman–Crippen MR) is 127 cm³/mol. The number of ether oxygens (including phenoxy) is 2. The molecule has 2 atom stereocenters. The molecule has 4 rings (SSSR count). The maximum absolute atomic E-state index is 6.36. The van der Waals surface area contributed by atoms with Crippen molar-refractivity contribution in [1.29, 1.82) is 0 Å². The van der Waals surface area contributed by atoms with Gasteiger partial charge >= 0.3 is 0 Å². The van der Waals surface area contributed by atoms with Gasteiger partial charge in [-0.05, 0) is 41.7 Å². The normalized spacial score (nSPS) is 21.1. The van der Waals surface area contributed by atoms with Crippen LogP contribution in [0.4, 0.5) is 0 Å². The quantitative estimate of drug-likeness (QED) is 0.714. The third-order valence-electron chi connectivity index (χ3n) is 6.58. The van der Waals surface area contributed by atoms with Crippen molar-refractivity contribution in [2.45, 2.75) is 44.6 Å². The Hall–Kier alpha value is -1.66. The highest BCUT2D eigenvalue weighted by molar-refractivity contribution is 6.88. The number of hydrogen-bond donors (Lipinski definition) is 1. The molecule has 0 bridgehead atoms. The molecule has 2 aliphatic heterocycles. The van der Waals surface area contributed by atoms with E-state index in [1.807, 2.05) is 0 Å². The molecular weight excluding hydrogens is 388 g/mol. The lowest BCUT2D eigenvalue weighted by Gasteiger charge is -2.38. The average Bonchev–Trinajstić information content (AvgIpc) is 2.77. The maximum atomic E-state index is 6.36. The Balaban J connectivity index is 1.61. The number of methoxy groups -OCH3 is 1. The summed E-state index contributed by atoms with van der Waals surface area (Å²) in [6, 6.07) is 16.2. The Labute approximate surface area is 182 Å².